The minimum absolute atomic E-state index is 0.00731. The summed E-state index contributed by atoms with van der Waals surface area (Å²) in [5, 5.41) is 8.58. The highest BCUT2D eigenvalue weighted by atomic mass is 35.5. The fourth-order valence-electron chi connectivity index (χ4n) is 2.60. The summed E-state index contributed by atoms with van der Waals surface area (Å²) in [7, 11) is 0. The average molecular weight is 394 g/mol. The van der Waals surface area contributed by atoms with E-state index in [1.54, 1.807) is 4.52 Å². The summed E-state index contributed by atoms with van der Waals surface area (Å²) in [6.45, 7) is 8.21. The molecular formula is C17H20ClN5O2S. The molecule has 3 aromatic rings. The van der Waals surface area contributed by atoms with Crippen LogP contribution in [0, 0.1) is 6.92 Å². The van der Waals surface area contributed by atoms with Gasteiger partial charge in [0.25, 0.3) is 0 Å². The van der Waals surface area contributed by atoms with Crippen LogP contribution in [0.15, 0.2) is 30.5 Å². The summed E-state index contributed by atoms with van der Waals surface area (Å²) < 4.78 is 18.3. The summed E-state index contributed by atoms with van der Waals surface area (Å²) >= 11 is 5.54. The van der Waals surface area contributed by atoms with Crippen LogP contribution in [0.4, 0.5) is 5.95 Å². The summed E-state index contributed by atoms with van der Waals surface area (Å²) in [5.74, 6) is 1.75. The Hall–Kier alpha value is -2.32. The molecule has 0 bridgehead atoms. The molecule has 138 valence electrons. The second-order valence-electron chi connectivity index (χ2n) is 6.04. The number of rotatable bonds is 4. The van der Waals surface area contributed by atoms with Crippen molar-refractivity contribution in [2.45, 2.75) is 39.7 Å². The van der Waals surface area contributed by atoms with Gasteiger partial charge in [0.1, 0.15) is 5.82 Å². The molecule has 0 amide bonds. The highest BCUT2D eigenvalue weighted by Crippen LogP contribution is 2.26. The largest absolute Gasteiger partial charge is 0.347 e. The number of aryl methyl sites for hydroxylation is 1. The highest BCUT2D eigenvalue weighted by Gasteiger charge is 2.16. The van der Waals surface area contributed by atoms with E-state index in [1.807, 2.05) is 37.4 Å². The SMILES string of the molecule is Cc1nc(N[C@@H](C)c2ccccc2Cl)n2ncc(C(C)C)c2n1.O=S=O. The second kappa shape index (κ2) is 8.86. The molecule has 0 aliphatic rings. The molecule has 0 radical (unpaired) electrons. The lowest BCUT2D eigenvalue weighted by molar-refractivity contribution is 0.630. The van der Waals surface area contributed by atoms with E-state index in [9.17, 15) is 0 Å². The molecule has 0 saturated heterocycles. The standard InChI is InChI=1S/C17H20ClN5.O2S/c1-10(2)14-9-19-23-16(14)21-12(4)22-17(23)20-11(3)13-7-5-6-8-15(13)18;1-3-2/h5-11H,1-4H3,(H,20,21,22);/t11-;/m0./s1. The van der Waals surface area contributed by atoms with Crippen molar-refractivity contribution in [3.63, 3.8) is 0 Å². The molecule has 1 aromatic carbocycles. The number of anilines is 1. The van der Waals surface area contributed by atoms with Crippen molar-refractivity contribution in [2.24, 2.45) is 0 Å². The molecule has 0 fully saturated rings. The van der Waals surface area contributed by atoms with E-state index in [0.29, 0.717) is 17.7 Å². The van der Waals surface area contributed by atoms with Crippen LogP contribution < -0.4 is 5.32 Å². The monoisotopic (exact) mass is 393 g/mol. The Bertz CT molecular complexity index is 938. The zero-order chi connectivity index (χ0) is 19.3. The van der Waals surface area contributed by atoms with Gasteiger partial charge in [-0.25, -0.2) is 4.98 Å². The van der Waals surface area contributed by atoms with Crippen molar-refractivity contribution in [1.82, 2.24) is 19.6 Å². The number of halogens is 1. The van der Waals surface area contributed by atoms with Crippen LogP contribution in [-0.4, -0.2) is 28.0 Å². The van der Waals surface area contributed by atoms with Crippen molar-refractivity contribution in [3.8, 4) is 0 Å². The van der Waals surface area contributed by atoms with Crippen molar-refractivity contribution in [2.75, 3.05) is 5.32 Å². The molecule has 26 heavy (non-hydrogen) atoms. The predicted molar refractivity (Wildman–Crippen MR) is 102 cm³/mol. The molecular weight excluding hydrogens is 374 g/mol. The Morgan fingerprint density at radius 3 is 2.38 bits per heavy atom. The van der Waals surface area contributed by atoms with Gasteiger partial charge >= 0.3 is 11.6 Å². The van der Waals surface area contributed by atoms with Crippen molar-refractivity contribution in [1.29, 1.82) is 0 Å². The Morgan fingerprint density at radius 1 is 1.12 bits per heavy atom. The van der Waals surface area contributed by atoms with Crippen LogP contribution in [0.5, 0.6) is 0 Å². The first-order valence-corrected chi connectivity index (χ1v) is 9.08. The van der Waals surface area contributed by atoms with E-state index in [2.05, 4.69) is 41.2 Å². The molecule has 2 heterocycles. The van der Waals surface area contributed by atoms with Crippen LogP contribution in [0.25, 0.3) is 5.65 Å². The van der Waals surface area contributed by atoms with Gasteiger partial charge in [0.05, 0.1) is 12.2 Å². The molecule has 0 unspecified atom stereocenters. The van der Waals surface area contributed by atoms with E-state index >= 15 is 0 Å². The summed E-state index contributed by atoms with van der Waals surface area (Å²) in [6, 6.07) is 7.81. The first-order chi connectivity index (χ1) is 12.4. The first kappa shape index (κ1) is 20.0. The predicted octanol–water partition coefficient (Wildman–Crippen LogP) is 3.71. The lowest BCUT2D eigenvalue weighted by Gasteiger charge is -2.17. The van der Waals surface area contributed by atoms with Gasteiger partial charge in [-0.2, -0.15) is 23.0 Å². The van der Waals surface area contributed by atoms with E-state index in [1.165, 1.54) is 0 Å². The fourth-order valence-corrected chi connectivity index (χ4v) is 2.90. The van der Waals surface area contributed by atoms with Gasteiger partial charge in [-0.1, -0.05) is 43.6 Å². The molecule has 9 heteroatoms. The van der Waals surface area contributed by atoms with Crippen molar-refractivity contribution >= 4 is 34.8 Å². The topological polar surface area (TPSA) is 89.2 Å². The number of fused-ring (bicyclic) bond motifs is 1. The van der Waals surface area contributed by atoms with E-state index in [0.717, 1.165) is 21.8 Å². The first-order valence-electron chi connectivity index (χ1n) is 8.04. The summed E-state index contributed by atoms with van der Waals surface area (Å²) in [4.78, 5) is 9.04. The molecule has 3 rings (SSSR count). The zero-order valence-corrected chi connectivity index (χ0v) is 16.5. The molecule has 0 spiro atoms. The second-order valence-corrected chi connectivity index (χ2v) is 6.58. The maximum atomic E-state index is 8.29. The fraction of sp³-hybridized carbons (Fsp3) is 0.353. The smallest absolute Gasteiger partial charge is 0.335 e. The van der Waals surface area contributed by atoms with Crippen LogP contribution in [0.1, 0.15) is 49.7 Å². The van der Waals surface area contributed by atoms with Crippen LogP contribution >= 0.6 is 11.6 Å². The van der Waals surface area contributed by atoms with Gasteiger partial charge in [0.2, 0.25) is 5.95 Å². The van der Waals surface area contributed by atoms with Gasteiger partial charge in [-0.05, 0) is 31.4 Å². The van der Waals surface area contributed by atoms with Crippen LogP contribution in [0.3, 0.4) is 0 Å². The minimum Gasteiger partial charge on any atom is -0.347 e. The highest BCUT2D eigenvalue weighted by molar-refractivity contribution is 7.51. The van der Waals surface area contributed by atoms with E-state index in [-0.39, 0.29) is 6.04 Å². The Kier molecular flexibility index (Phi) is 6.82. The third kappa shape index (κ3) is 4.44. The third-order valence-corrected chi connectivity index (χ3v) is 4.19. The maximum Gasteiger partial charge on any atom is 0.335 e. The molecule has 0 aliphatic carbocycles. The van der Waals surface area contributed by atoms with Gasteiger partial charge in [-0.3, -0.25) is 0 Å². The molecule has 0 aliphatic heterocycles. The molecule has 7 nitrogen and oxygen atoms in total. The lowest BCUT2D eigenvalue weighted by Crippen LogP contribution is -2.14. The molecule has 2 aromatic heterocycles. The number of nitrogens with zero attached hydrogens (tertiary/aromatic N) is 4. The van der Waals surface area contributed by atoms with Gasteiger partial charge in [0.15, 0.2) is 5.65 Å². The number of nitrogens with one attached hydrogen (secondary N) is 1. The average Bonchev–Trinajstić information content (AvgIpc) is 3.00. The van der Waals surface area contributed by atoms with E-state index < -0.39 is 11.6 Å². The zero-order valence-electron chi connectivity index (χ0n) is 14.9. The maximum absolute atomic E-state index is 8.29. The number of hydrogen-bond acceptors (Lipinski definition) is 6. The number of hydrogen-bond donors (Lipinski definition) is 1. The normalized spacial score (nSPS) is 11.8. The molecule has 0 saturated carbocycles. The Morgan fingerprint density at radius 2 is 1.77 bits per heavy atom. The number of benzene rings is 1. The van der Waals surface area contributed by atoms with Gasteiger partial charge < -0.3 is 5.32 Å². The van der Waals surface area contributed by atoms with Crippen LogP contribution in [0.2, 0.25) is 5.02 Å². The van der Waals surface area contributed by atoms with E-state index in [4.69, 9.17) is 20.0 Å². The summed E-state index contributed by atoms with van der Waals surface area (Å²) in [6.07, 6.45) is 1.86. The third-order valence-electron chi connectivity index (χ3n) is 3.85. The Labute approximate surface area is 160 Å². The summed E-state index contributed by atoms with van der Waals surface area (Å²) in [5.41, 5.74) is 2.99. The van der Waals surface area contributed by atoms with Crippen molar-refractivity contribution in [3.05, 3.63) is 52.4 Å². The van der Waals surface area contributed by atoms with Gasteiger partial charge in [0, 0.05) is 10.6 Å². The molecule has 1 N–H and O–H groups in total. The van der Waals surface area contributed by atoms with Crippen LogP contribution in [-0.2, 0) is 11.6 Å². The number of aromatic nitrogens is 4. The minimum atomic E-state index is -0.750. The van der Waals surface area contributed by atoms with Gasteiger partial charge in [-0.15, -0.1) is 0 Å². The lowest BCUT2D eigenvalue weighted by atomic mass is 10.1. The molecule has 1 atom stereocenters. The quantitative estimate of drug-likeness (QED) is 0.726. The van der Waals surface area contributed by atoms with Crippen molar-refractivity contribution < 1.29 is 8.42 Å². The Balaban J connectivity index is 0.000000758.